The summed E-state index contributed by atoms with van der Waals surface area (Å²) in [4.78, 5) is 43.3. The van der Waals surface area contributed by atoms with Crippen LogP contribution in [-0.4, -0.2) is 53.3 Å². The molecule has 196 valence electrons. The van der Waals surface area contributed by atoms with Crippen molar-refractivity contribution < 1.29 is 14.4 Å². The lowest BCUT2D eigenvalue weighted by atomic mass is 10.1. The van der Waals surface area contributed by atoms with Gasteiger partial charge in [0.05, 0.1) is 22.6 Å². The molecule has 0 unspecified atom stereocenters. The Morgan fingerprint density at radius 2 is 1.68 bits per heavy atom. The average Bonchev–Trinajstić information content (AvgIpc) is 3.32. The minimum absolute atomic E-state index is 0.0274. The summed E-state index contributed by atoms with van der Waals surface area (Å²) < 4.78 is 0. The molecule has 0 aromatic heterocycles. The van der Waals surface area contributed by atoms with Crippen LogP contribution in [0.5, 0.6) is 0 Å². The zero-order chi connectivity index (χ0) is 26.8. The van der Waals surface area contributed by atoms with Crippen LogP contribution in [0.15, 0.2) is 66.7 Å². The number of amides is 4. The zero-order valence-corrected chi connectivity index (χ0v) is 22.6. The van der Waals surface area contributed by atoms with Gasteiger partial charge in [0.25, 0.3) is 5.91 Å². The SMILES string of the molecule is O=C(N[C@H]1CCc2ccccc21)[C@H]1CN(C(=O)Nc2ccc(Cl)c(Cl)c2)CCN1C(=O)c1cccc(Cl)c1. The van der Waals surface area contributed by atoms with Gasteiger partial charge in [-0.05, 0) is 60.4 Å². The van der Waals surface area contributed by atoms with Gasteiger partial charge in [-0.1, -0.05) is 65.1 Å². The number of halogens is 3. The second kappa shape index (κ2) is 11.2. The van der Waals surface area contributed by atoms with Gasteiger partial charge in [0, 0.05) is 29.4 Å². The number of carbonyl (C=O) groups is 3. The molecular weight excluding hydrogens is 547 g/mol. The molecule has 1 aliphatic heterocycles. The first kappa shape index (κ1) is 26.4. The number of hydrogen-bond donors (Lipinski definition) is 2. The van der Waals surface area contributed by atoms with E-state index in [0.29, 0.717) is 26.3 Å². The molecule has 2 N–H and O–H groups in total. The minimum Gasteiger partial charge on any atom is -0.347 e. The fraction of sp³-hybridized carbons (Fsp3) is 0.250. The first-order chi connectivity index (χ1) is 18.3. The molecule has 0 spiro atoms. The van der Waals surface area contributed by atoms with Crippen molar-refractivity contribution in [2.24, 2.45) is 0 Å². The molecule has 10 heteroatoms. The average molecular weight is 572 g/mol. The molecule has 1 heterocycles. The third kappa shape index (κ3) is 5.60. The monoisotopic (exact) mass is 570 g/mol. The molecule has 2 aliphatic rings. The third-order valence-corrected chi connectivity index (χ3v) is 7.90. The smallest absolute Gasteiger partial charge is 0.321 e. The Morgan fingerprint density at radius 3 is 2.47 bits per heavy atom. The largest absolute Gasteiger partial charge is 0.347 e. The normalized spacial score (nSPS) is 18.6. The second-order valence-electron chi connectivity index (χ2n) is 9.33. The molecule has 5 rings (SSSR count). The van der Waals surface area contributed by atoms with Crippen molar-refractivity contribution in [2.45, 2.75) is 24.9 Å². The molecule has 1 aliphatic carbocycles. The van der Waals surface area contributed by atoms with E-state index in [1.807, 2.05) is 18.2 Å². The summed E-state index contributed by atoms with van der Waals surface area (Å²) >= 11 is 18.2. The van der Waals surface area contributed by atoms with Crippen LogP contribution < -0.4 is 10.6 Å². The predicted octanol–water partition coefficient (Wildman–Crippen LogP) is 5.81. The molecule has 38 heavy (non-hydrogen) atoms. The third-order valence-electron chi connectivity index (χ3n) is 6.92. The number of anilines is 1. The number of fused-ring (bicyclic) bond motifs is 1. The van der Waals surface area contributed by atoms with Gasteiger partial charge in [0.1, 0.15) is 6.04 Å². The Hall–Kier alpha value is -3.26. The van der Waals surface area contributed by atoms with Crippen molar-refractivity contribution in [2.75, 3.05) is 25.0 Å². The minimum atomic E-state index is -0.887. The Kier molecular flexibility index (Phi) is 7.79. The van der Waals surface area contributed by atoms with Crippen molar-refractivity contribution >= 4 is 58.3 Å². The fourth-order valence-electron chi connectivity index (χ4n) is 4.97. The Balaban J connectivity index is 1.36. The summed E-state index contributed by atoms with van der Waals surface area (Å²) in [5, 5.41) is 7.05. The van der Waals surface area contributed by atoms with Crippen LogP contribution in [0.1, 0.15) is 33.9 Å². The van der Waals surface area contributed by atoms with Gasteiger partial charge in [-0.25, -0.2) is 4.79 Å². The lowest BCUT2D eigenvalue weighted by Crippen LogP contribution is -2.62. The van der Waals surface area contributed by atoms with Gasteiger partial charge in [0.15, 0.2) is 0 Å². The van der Waals surface area contributed by atoms with E-state index in [4.69, 9.17) is 34.8 Å². The van der Waals surface area contributed by atoms with Gasteiger partial charge < -0.3 is 20.4 Å². The maximum atomic E-state index is 13.7. The topological polar surface area (TPSA) is 81.8 Å². The predicted molar refractivity (Wildman–Crippen MR) is 149 cm³/mol. The Bertz CT molecular complexity index is 1400. The van der Waals surface area contributed by atoms with Crippen LogP contribution >= 0.6 is 34.8 Å². The number of urea groups is 1. The van der Waals surface area contributed by atoms with E-state index >= 15 is 0 Å². The molecule has 3 aromatic rings. The summed E-state index contributed by atoms with van der Waals surface area (Å²) in [6.07, 6.45) is 1.65. The van der Waals surface area contributed by atoms with Gasteiger partial charge in [-0.2, -0.15) is 0 Å². The highest BCUT2D eigenvalue weighted by Crippen LogP contribution is 2.31. The molecule has 4 amide bonds. The lowest BCUT2D eigenvalue weighted by molar-refractivity contribution is -0.127. The zero-order valence-electron chi connectivity index (χ0n) is 20.3. The molecule has 0 saturated carbocycles. The Labute approximate surface area is 235 Å². The summed E-state index contributed by atoms with van der Waals surface area (Å²) in [5.74, 6) is -0.627. The van der Waals surface area contributed by atoms with Crippen LogP contribution in [-0.2, 0) is 11.2 Å². The standard InChI is InChI=1S/C28H25Cl3N4O3/c29-19-6-3-5-18(14-19)27(37)35-13-12-34(28(38)32-20-9-10-22(30)23(31)15-20)16-25(35)26(36)33-24-11-8-17-4-1-2-7-21(17)24/h1-7,9-10,14-15,24-25H,8,11-13,16H2,(H,32,38)(H,33,36)/t24-,25+/m0/s1. The molecule has 1 saturated heterocycles. The number of hydrogen-bond acceptors (Lipinski definition) is 3. The number of nitrogens with one attached hydrogen (secondary N) is 2. The lowest BCUT2D eigenvalue weighted by Gasteiger charge is -2.41. The van der Waals surface area contributed by atoms with E-state index in [1.165, 1.54) is 15.4 Å². The molecule has 0 radical (unpaired) electrons. The van der Waals surface area contributed by atoms with E-state index in [9.17, 15) is 14.4 Å². The van der Waals surface area contributed by atoms with Crippen LogP contribution in [0.25, 0.3) is 0 Å². The van der Waals surface area contributed by atoms with Crippen LogP contribution in [0.2, 0.25) is 15.1 Å². The number of aryl methyl sites for hydroxylation is 1. The van der Waals surface area contributed by atoms with E-state index < -0.39 is 12.1 Å². The molecule has 2 atom stereocenters. The van der Waals surface area contributed by atoms with E-state index in [0.717, 1.165) is 18.4 Å². The highest BCUT2D eigenvalue weighted by Gasteiger charge is 2.39. The molecule has 3 aromatic carbocycles. The number of nitrogens with zero attached hydrogens (tertiary/aromatic N) is 2. The van der Waals surface area contributed by atoms with Gasteiger partial charge in [-0.3, -0.25) is 9.59 Å². The van der Waals surface area contributed by atoms with Gasteiger partial charge in [-0.15, -0.1) is 0 Å². The van der Waals surface area contributed by atoms with Crippen molar-refractivity contribution in [3.63, 3.8) is 0 Å². The first-order valence-corrected chi connectivity index (χ1v) is 13.4. The van der Waals surface area contributed by atoms with Crippen molar-refractivity contribution in [1.29, 1.82) is 0 Å². The van der Waals surface area contributed by atoms with E-state index in [1.54, 1.807) is 42.5 Å². The summed E-state index contributed by atoms with van der Waals surface area (Å²) in [5.41, 5.74) is 3.15. The Morgan fingerprint density at radius 1 is 0.868 bits per heavy atom. The van der Waals surface area contributed by atoms with E-state index in [-0.39, 0.29) is 37.5 Å². The summed E-state index contributed by atoms with van der Waals surface area (Å²) in [6, 6.07) is 18.0. The molecular formula is C28H25Cl3N4O3. The number of carbonyl (C=O) groups excluding carboxylic acids is 3. The van der Waals surface area contributed by atoms with Crippen molar-refractivity contribution in [3.05, 3.63) is 98.5 Å². The van der Waals surface area contributed by atoms with Crippen LogP contribution in [0.3, 0.4) is 0 Å². The molecule has 1 fully saturated rings. The number of rotatable bonds is 4. The highest BCUT2D eigenvalue weighted by atomic mass is 35.5. The van der Waals surface area contributed by atoms with Crippen molar-refractivity contribution in [3.8, 4) is 0 Å². The summed E-state index contributed by atoms with van der Waals surface area (Å²) in [6.45, 7) is 0.453. The van der Waals surface area contributed by atoms with Crippen LogP contribution in [0, 0.1) is 0 Å². The van der Waals surface area contributed by atoms with Gasteiger partial charge >= 0.3 is 6.03 Å². The van der Waals surface area contributed by atoms with E-state index in [2.05, 4.69) is 16.7 Å². The first-order valence-electron chi connectivity index (χ1n) is 12.3. The molecule has 7 nitrogen and oxygen atoms in total. The number of piperazine rings is 1. The van der Waals surface area contributed by atoms with Gasteiger partial charge in [0.2, 0.25) is 5.91 Å². The highest BCUT2D eigenvalue weighted by molar-refractivity contribution is 6.42. The quantitative estimate of drug-likeness (QED) is 0.415. The fourth-order valence-corrected chi connectivity index (χ4v) is 5.46. The second-order valence-corrected chi connectivity index (χ2v) is 10.6. The van der Waals surface area contributed by atoms with Crippen molar-refractivity contribution in [1.82, 2.24) is 15.1 Å². The molecule has 0 bridgehead atoms. The maximum absolute atomic E-state index is 13.7. The van der Waals surface area contributed by atoms with Crippen LogP contribution in [0.4, 0.5) is 10.5 Å². The summed E-state index contributed by atoms with van der Waals surface area (Å²) in [7, 11) is 0. The maximum Gasteiger partial charge on any atom is 0.321 e. The number of benzene rings is 3.